The third kappa shape index (κ3) is 4.04. The lowest BCUT2D eigenvalue weighted by Gasteiger charge is -2.07. The molecule has 1 saturated carbocycles. The van der Waals surface area contributed by atoms with E-state index in [9.17, 15) is 4.79 Å². The van der Waals surface area contributed by atoms with Gasteiger partial charge >= 0.3 is 0 Å². The van der Waals surface area contributed by atoms with E-state index in [1.54, 1.807) is 6.07 Å². The molecule has 4 heteroatoms. The molecule has 0 unspecified atom stereocenters. The highest BCUT2D eigenvalue weighted by atomic mass is 79.9. The van der Waals surface area contributed by atoms with Gasteiger partial charge in [-0.1, -0.05) is 22.0 Å². The Morgan fingerprint density at radius 2 is 2.29 bits per heavy atom. The van der Waals surface area contributed by atoms with Crippen LogP contribution in [0.2, 0.25) is 0 Å². The Morgan fingerprint density at radius 3 is 3.00 bits per heavy atom. The highest BCUT2D eigenvalue weighted by Crippen LogP contribution is 2.20. The fraction of sp³-hybridized carbons (Fsp3) is 0.462. The maximum absolute atomic E-state index is 11.8. The number of halogens is 1. The van der Waals surface area contributed by atoms with E-state index in [0.717, 1.165) is 30.3 Å². The fourth-order valence-electron chi connectivity index (χ4n) is 1.47. The lowest BCUT2D eigenvalue weighted by Crippen LogP contribution is -2.25. The van der Waals surface area contributed by atoms with Crippen molar-refractivity contribution in [3.63, 3.8) is 0 Å². The van der Waals surface area contributed by atoms with Crippen LogP contribution >= 0.6 is 15.9 Å². The van der Waals surface area contributed by atoms with E-state index in [2.05, 4.69) is 21.2 Å². The number of hydrogen-bond donors (Lipinski definition) is 1. The largest absolute Gasteiger partial charge is 0.494 e. The number of benzene rings is 1. The van der Waals surface area contributed by atoms with Crippen molar-refractivity contribution in [1.29, 1.82) is 0 Å². The number of ether oxygens (including phenoxy) is 1. The van der Waals surface area contributed by atoms with E-state index in [4.69, 9.17) is 4.74 Å². The number of nitrogens with one attached hydrogen (secondary N) is 1. The first-order valence-electron chi connectivity index (χ1n) is 5.89. The summed E-state index contributed by atoms with van der Waals surface area (Å²) in [6, 6.07) is 7.73. The lowest BCUT2D eigenvalue weighted by molar-refractivity contribution is 0.0950. The summed E-state index contributed by atoms with van der Waals surface area (Å²) in [5, 5.41) is 3.89. The molecule has 0 bridgehead atoms. The highest BCUT2D eigenvalue weighted by molar-refractivity contribution is 9.09. The second-order valence-corrected chi connectivity index (χ2v) is 4.96. The van der Waals surface area contributed by atoms with Gasteiger partial charge in [0.05, 0.1) is 6.61 Å². The summed E-state index contributed by atoms with van der Waals surface area (Å²) < 4.78 is 5.55. The second kappa shape index (κ2) is 6.05. The number of rotatable bonds is 6. The van der Waals surface area contributed by atoms with Crippen LogP contribution in [0, 0.1) is 0 Å². The van der Waals surface area contributed by atoms with Gasteiger partial charge in [0.15, 0.2) is 0 Å². The third-order valence-electron chi connectivity index (χ3n) is 2.56. The molecule has 1 N–H and O–H groups in total. The van der Waals surface area contributed by atoms with E-state index >= 15 is 0 Å². The van der Waals surface area contributed by atoms with Crippen molar-refractivity contribution in [3.8, 4) is 5.75 Å². The van der Waals surface area contributed by atoms with Crippen LogP contribution in [-0.4, -0.2) is 23.9 Å². The third-order valence-corrected chi connectivity index (χ3v) is 3.12. The summed E-state index contributed by atoms with van der Waals surface area (Å²) in [5.41, 5.74) is 0.674. The Hall–Kier alpha value is -1.03. The number of carbonyl (C=O) groups is 1. The Bertz CT molecular complexity index is 391. The second-order valence-electron chi connectivity index (χ2n) is 4.17. The molecule has 1 amide bonds. The molecule has 0 aromatic heterocycles. The maximum Gasteiger partial charge on any atom is 0.251 e. The van der Waals surface area contributed by atoms with Crippen LogP contribution in [0.5, 0.6) is 5.75 Å². The zero-order chi connectivity index (χ0) is 12.1. The average Bonchev–Trinajstić information content (AvgIpc) is 3.14. The average molecular weight is 298 g/mol. The lowest BCUT2D eigenvalue weighted by atomic mass is 10.2. The fourth-order valence-corrected chi connectivity index (χ4v) is 1.70. The number of hydrogen-bond acceptors (Lipinski definition) is 2. The van der Waals surface area contributed by atoms with Gasteiger partial charge in [0.1, 0.15) is 5.75 Å². The van der Waals surface area contributed by atoms with Gasteiger partial charge in [-0.2, -0.15) is 0 Å². The Balaban J connectivity index is 1.92. The van der Waals surface area contributed by atoms with Crippen LogP contribution < -0.4 is 10.1 Å². The molecule has 92 valence electrons. The van der Waals surface area contributed by atoms with E-state index in [-0.39, 0.29) is 5.91 Å². The first-order valence-corrected chi connectivity index (χ1v) is 7.01. The van der Waals surface area contributed by atoms with E-state index < -0.39 is 0 Å². The Kier molecular flexibility index (Phi) is 4.42. The minimum absolute atomic E-state index is 0.00144. The smallest absolute Gasteiger partial charge is 0.251 e. The topological polar surface area (TPSA) is 38.3 Å². The van der Waals surface area contributed by atoms with Crippen molar-refractivity contribution in [3.05, 3.63) is 29.8 Å². The normalized spacial score (nSPS) is 14.4. The van der Waals surface area contributed by atoms with Crippen LogP contribution in [0.25, 0.3) is 0 Å². The summed E-state index contributed by atoms with van der Waals surface area (Å²) in [7, 11) is 0. The van der Waals surface area contributed by atoms with Crippen molar-refractivity contribution in [1.82, 2.24) is 5.32 Å². The van der Waals surface area contributed by atoms with E-state index in [1.165, 1.54) is 0 Å². The summed E-state index contributed by atoms with van der Waals surface area (Å²) >= 11 is 3.35. The molecule has 3 nitrogen and oxygen atoms in total. The van der Waals surface area contributed by atoms with Gasteiger partial charge in [-0.25, -0.2) is 0 Å². The Labute approximate surface area is 110 Å². The van der Waals surface area contributed by atoms with Gasteiger partial charge in [-0.05, 0) is 37.5 Å². The molecule has 0 aliphatic heterocycles. The van der Waals surface area contributed by atoms with Crippen molar-refractivity contribution in [2.45, 2.75) is 25.3 Å². The van der Waals surface area contributed by atoms with Gasteiger partial charge in [0.2, 0.25) is 0 Å². The van der Waals surface area contributed by atoms with Crippen molar-refractivity contribution in [2.75, 3.05) is 11.9 Å². The SMILES string of the molecule is O=C(NC1CC1)c1cccc(OCCCBr)c1. The number of carbonyl (C=O) groups excluding carboxylic acids is 1. The summed E-state index contributed by atoms with van der Waals surface area (Å²) in [6.45, 7) is 0.666. The van der Waals surface area contributed by atoms with Gasteiger partial charge in [-0.3, -0.25) is 4.79 Å². The first kappa shape index (κ1) is 12.4. The van der Waals surface area contributed by atoms with Crippen LogP contribution in [0.3, 0.4) is 0 Å². The van der Waals surface area contributed by atoms with Crippen LogP contribution in [0.1, 0.15) is 29.6 Å². The molecule has 1 aromatic carbocycles. The van der Waals surface area contributed by atoms with Crippen LogP contribution in [0.4, 0.5) is 0 Å². The summed E-state index contributed by atoms with van der Waals surface area (Å²) in [5.74, 6) is 0.757. The monoisotopic (exact) mass is 297 g/mol. The Morgan fingerprint density at radius 1 is 1.47 bits per heavy atom. The van der Waals surface area contributed by atoms with Crippen LogP contribution in [-0.2, 0) is 0 Å². The standard InChI is InChI=1S/C13H16BrNO2/c14-7-2-8-17-12-4-1-3-10(9-12)13(16)15-11-5-6-11/h1,3-4,9,11H,2,5-8H2,(H,15,16). The number of alkyl halides is 1. The molecule has 0 spiro atoms. The summed E-state index contributed by atoms with van der Waals surface area (Å²) in [6.07, 6.45) is 3.17. The van der Waals surface area contributed by atoms with Crippen LogP contribution in [0.15, 0.2) is 24.3 Å². The molecule has 1 aliphatic rings. The number of amides is 1. The minimum Gasteiger partial charge on any atom is -0.494 e. The predicted molar refractivity (Wildman–Crippen MR) is 70.8 cm³/mol. The molecule has 0 atom stereocenters. The molecule has 17 heavy (non-hydrogen) atoms. The van der Waals surface area contributed by atoms with Gasteiger partial charge in [0, 0.05) is 16.9 Å². The molecule has 1 aromatic rings. The summed E-state index contributed by atoms with van der Waals surface area (Å²) in [4.78, 5) is 11.8. The van der Waals surface area contributed by atoms with Gasteiger partial charge in [0.25, 0.3) is 5.91 Å². The molecular weight excluding hydrogens is 282 g/mol. The quantitative estimate of drug-likeness (QED) is 0.648. The maximum atomic E-state index is 11.8. The highest BCUT2D eigenvalue weighted by Gasteiger charge is 2.23. The predicted octanol–water partition coefficient (Wildman–Crippen LogP) is 2.74. The molecule has 0 heterocycles. The van der Waals surface area contributed by atoms with Crippen molar-refractivity contribution < 1.29 is 9.53 Å². The molecule has 1 aliphatic carbocycles. The van der Waals surface area contributed by atoms with E-state index in [0.29, 0.717) is 18.2 Å². The zero-order valence-electron chi connectivity index (χ0n) is 9.62. The van der Waals surface area contributed by atoms with Crippen molar-refractivity contribution in [2.24, 2.45) is 0 Å². The molecule has 0 saturated heterocycles. The molecular formula is C13H16BrNO2. The molecule has 1 fully saturated rings. The zero-order valence-corrected chi connectivity index (χ0v) is 11.2. The molecule has 0 radical (unpaired) electrons. The van der Waals surface area contributed by atoms with Gasteiger partial charge in [-0.15, -0.1) is 0 Å². The first-order chi connectivity index (χ1) is 8.29. The van der Waals surface area contributed by atoms with E-state index in [1.807, 2.05) is 18.2 Å². The molecule has 2 rings (SSSR count). The van der Waals surface area contributed by atoms with Gasteiger partial charge < -0.3 is 10.1 Å². The van der Waals surface area contributed by atoms with Crippen molar-refractivity contribution >= 4 is 21.8 Å². The minimum atomic E-state index is -0.00144.